The van der Waals surface area contributed by atoms with E-state index in [0.717, 1.165) is 44.8 Å². The van der Waals surface area contributed by atoms with Crippen molar-refractivity contribution >= 4 is 52.9 Å². The number of hydrogen-bond donors (Lipinski definition) is 4. The van der Waals surface area contributed by atoms with Gasteiger partial charge in [0, 0.05) is 32.3 Å². The molecule has 4 N–H and O–H groups in total. The van der Waals surface area contributed by atoms with Gasteiger partial charge < -0.3 is 25.2 Å². The summed E-state index contributed by atoms with van der Waals surface area (Å²) in [5.41, 5.74) is 10.4. The van der Waals surface area contributed by atoms with Crippen LogP contribution in [0.2, 0.25) is 0 Å². The Labute approximate surface area is 537 Å². The molecule has 87 heavy (non-hydrogen) atoms. The van der Waals surface area contributed by atoms with Crippen LogP contribution in [-0.4, -0.2) is 72.8 Å². The lowest BCUT2D eigenvalue weighted by Crippen LogP contribution is -2.29. The number of benzene rings is 4. The fourth-order valence-electron chi connectivity index (χ4n) is 14.3. The van der Waals surface area contributed by atoms with Crippen LogP contribution in [0.15, 0.2) is 60.7 Å². The monoisotopic (exact) mass is 1270 g/mol. The summed E-state index contributed by atoms with van der Waals surface area (Å²) in [6.45, 7) is 44.6. The number of hydrogen-bond acceptors (Lipinski definition) is 5. The topological polar surface area (TPSA) is 90.2 Å². The Hall–Kier alpha value is -2.47. The third-order valence-electron chi connectivity index (χ3n) is 18.9. The van der Waals surface area contributed by atoms with Gasteiger partial charge in [0.1, 0.15) is 34.6 Å². The van der Waals surface area contributed by atoms with Gasteiger partial charge in [0.2, 0.25) is 0 Å². The van der Waals surface area contributed by atoms with Crippen molar-refractivity contribution in [1.82, 2.24) is 0 Å². The number of rotatable bonds is 13. The van der Waals surface area contributed by atoms with Gasteiger partial charge in [-0.05, 0) is 178 Å². The summed E-state index contributed by atoms with van der Waals surface area (Å²) in [5, 5.41) is 47.4. The molecule has 0 radical (unpaired) electrons. The van der Waals surface area contributed by atoms with Gasteiger partial charge >= 0.3 is 0 Å². The van der Waals surface area contributed by atoms with Crippen LogP contribution in [0.4, 0.5) is 4.39 Å². The van der Waals surface area contributed by atoms with Gasteiger partial charge in [-0.15, -0.1) is 0 Å². The maximum Gasteiger partial charge on any atom is 0.126 e. The second kappa shape index (κ2) is 33.4. The molecule has 0 unspecified atom stereocenters. The molecule has 10 heteroatoms. The lowest BCUT2D eigenvalue weighted by molar-refractivity contribution is 0.413. The standard InChI is InChI=1S/C26H43OP.C20H35OP.C19H29O2P.C12H18FOP/c1-25(2,3)19-17-22(26(4,5)6)24(27)23(18-19)28(20-13-9-7-10-14-20)21-15-11-8-12-16-21;1-13(2)22(14(3)4)17-12-15(19(5,6)7)11-16(18(17)21)20(8,9)10;1-21-15-12-13-18(20)19(14-15)22(16-8-4-2-5-9-16)17-10-6-3-7-11-17;1-8(2)15(9(3)4)12-7-10(13)5-6-11(12)14/h17-18,20-21,27H,7-16H2,1-6H3;11-14,21H,1-10H3;12-14,16-17,20H,2-11H2,1H3;5-9,14H,1-4H3. The molecule has 0 aromatic heterocycles. The van der Waals surface area contributed by atoms with Crippen molar-refractivity contribution in [1.29, 1.82) is 0 Å². The average Bonchev–Trinajstić information content (AvgIpc) is 0.886. The van der Waals surface area contributed by atoms with Crippen LogP contribution in [0.5, 0.6) is 28.7 Å². The minimum Gasteiger partial charge on any atom is -0.507 e. The Morgan fingerprint density at radius 3 is 1.02 bits per heavy atom. The van der Waals surface area contributed by atoms with Crippen molar-refractivity contribution in [2.45, 2.75) is 334 Å². The average molecular weight is 1270 g/mol. The first-order valence-electron chi connectivity index (χ1n) is 34.3. The molecular weight excluding hydrogens is 1150 g/mol. The third-order valence-corrected chi connectivity index (χ3v) is 32.1. The molecule has 5 nitrogen and oxygen atoms in total. The number of ether oxygens (including phenoxy) is 1. The van der Waals surface area contributed by atoms with Crippen molar-refractivity contribution in [2.75, 3.05) is 7.11 Å². The largest absolute Gasteiger partial charge is 0.507 e. The van der Waals surface area contributed by atoms with Crippen LogP contribution in [0.1, 0.15) is 289 Å². The molecule has 0 aliphatic heterocycles. The molecule has 0 atom stereocenters. The van der Waals surface area contributed by atoms with E-state index in [0.29, 0.717) is 39.9 Å². The zero-order chi connectivity index (χ0) is 64.9. The van der Waals surface area contributed by atoms with Crippen molar-refractivity contribution in [3.63, 3.8) is 0 Å². The van der Waals surface area contributed by atoms with Gasteiger partial charge in [0.05, 0.1) is 7.11 Å². The first-order valence-corrected chi connectivity index (χ1v) is 40.2. The van der Waals surface area contributed by atoms with Crippen LogP contribution < -0.4 is 26.0 Å². The van der Waals surface area contributed by atoms with Crippen LogP contribution >= 0.6 is 31.7 Å². The summed E-state index contributed by atoms with van der Waals surface area (Å²) >= 11 is 0. The number of methoxy groups -OCH3 is 1. The summed E-state index contributed by atoms with van der Waals surface area (Å²) in [5.74, 6) is 2.54. The van der Waals surface area contributed by atoms with E-state index >= 15 is 0 Å². The van der Waals surface area contributed by atoms with Crippen LogP contribution in [0.25, 0.3) is 0 Å². The van der Waals surface area contributed by atoms with Crippen LogP contribution in [0, 0.1) is 5.82 Å². The van der Waals surface area contributed by atoms with Crippen molar-refractivity contribution < 1.29 is 29.6 Å². The SMILES string of the molecule is CC(C)(C)c1cc(P(C2CCCCC2)C2CCCCC2)c(O)c(C(C)(C)C)c1.CC(C)P(c1cc(C(C)(C)C)cc(C(C)(C)C)c1O)C(C)C.CC(C)P(c1cc(F)ccc1O)C(C)C.COc1ccc(O)c(P(C2CCCCC2)C2CCCCC2)c1. The van der Waals surface area contributed by atoms with Crippen LogP contribution in [-0.2, 0) is 21.7 Å². The fraction of sp³-hybridized carbons (Fsp3) is 0.688. The molecule has 0 amide bonds. The molecule has 0 spiro atoms. The summed E-state index contributed by atoms with van der Waals surface area (Å²) < 4.78 is 18.6. The van der Waals surface area contributed by atoms with E-state index < -0.39 is 7.92 Å². The number of phenols is 4. The summed E-state index contributed by atoms with van der Waals surface area (Å²) in [7, 11) is 0.295. The van der Waals surface area contributed by atoms with Crippen molar-refractivity contribution in [3.05, 3.63) is 88.7 Å². The highest BCUT2D eigenvalue weighted by Gasteiger charge is 2.38. The first kappa shape index (κ1) is 75.3. The highest BCUT2D eigenvalue weighted by atomic mass is 31.1. The van der Waals surface area contributed by atoms with Crippen LogP contribution in [0.3, 0.4) is 0 Å². The van der Waals surface area contributed by atoms with E-state index in [4.69, 9.17) is 4.74 Å². The lowest BCUT2D eigenvalue weighted by atomic mass is 9.80. The van der Waals surface area contributed by atoms with Gasteiger partial charge in [-0.2, -0.15) is 0 Å². The van der Waals surface area contributed by atoms with E-state index in [-0.39, 0.29) is 57.0 Å². The minimum atomic E-state index is -0.501. The lowest BCUT2D eigenvalue weighted by Gasteiger charge is -2.40. The maximum atomic E-state index is 13.1. The predicted octanol–water partition coefficient (Wildman–Crippen LogP) is 22.3. The van der Waals surface area contributed by atoms with E-state index in [1.54, 1.807) is 7.11 Å². The van der Waals surface area contributed by atoms with Gasteiger partial charge in [-0.3, -0.25) is 0 Å². The highest BCUT2D eigenvalue weighted by molar-refractivity contribution is 7.68. The smallest absolute Gasteiger partial charge is 0.126 e. The molecule has 4 aromatic carbocycles. The number of halogens is 1. The molecule has 4 saturated carbocycles. The molecule has 0 saturated heterocycles. The Bertz CT molecular complexity index is 2670. The minimum absolute atomic E-state index is 0.0276. The summed E-state index contributed by atoms with van der Waals surface area (Å²) in [6, 6.07) is 19.3. The maximum absolute atomic E-state index is 13.1. The van der Waals surface area contributed by atoms with Gasteiger partial charge in [-0.25, -0.2) is 4.39 Å². The molecule has 4 aliphatic carbocycles. The van der Waals surface area contributed by atoms with Gasteiger partial charge in [-0.1, -0.05) is 259 Å². The normalized spacial score (nSPS) is 17.4. The quantitative estimate of drug-likeness (QED) is 0.100. The molecule has 4 aliphatic rings. The van der Waals surface area contributed by atoms with Crippen molar-refractivity contribution in [3.8, 4) is 28.7 Å². The molecule has 490 valence electrons. The van der Waals surface area contributed by atoms with E-state index in [1.165, 1.54) is 174 Å². The molecular formula is C77H125FO5P4. The van der Waals surface area contributed by atoms with E-state index in [9.17, 15) is 24.8 Å². The fourth-order valence-corrected chi connectivity index (χ4v) is 27.9. The predicted molar refractivity (Wildman–Crippen MR) is 388 cm³/mol. The molecule has 4 aromatic rings. The Morgan fingerprint density at radius 2 is 0.690 bits per heavy atom. The zero-order valence-electron chi connectivity index (χ0n) is 58.9. The second-order valence-electron chi connectivity index (χ2n) is 31.4. The first-order chi connectivity index (χ1) is 40.6. The molecule has 0 heterocycles. The molecule has 4 fully saturated rings. The zero-order valence-corrected chi connectivity index (χ0v) is 62.5. The highest BCUT2D eigenvalue weighted by Crippen LogP contribution is 2.59. The summed E-state index contributed by atoms with van der Waals surface area (Å²) in [6.07, 6.45) is 27.6. The number of phenolic OH excluding ortho intramolecular Hbond substituents is 4. The molecule has 8 rings (SSSR count). The third kappa shape index (κ3) is 21.3. The second-order valence-corrected chi connectivity index (χ2v) is 43.7. The van der Waals surface area contributed by atoms with E-state index in [1.807, 2.05) is 12.1 Å². The Balaban J connectivity index is 0.000000216. The van der Waals surface area contributed by atoms with E-state index in [2.05, 4.69) is 169 Å². The summed E-state index contributed by atoms with van der Waals surface area (Å²) in [4.78, 5) is 0. The van der Waals surface area contributed by atoms with Gasteiger partial charge in [0.25, 0.3) is 0 Å². The Morgan fingerprint density at radius 1 is 0.379 bits per heavy atom. The Kier molecular flexibility index (Phi) is 28.9. The number of aromatic hydroxyl groups is 4. The molecule has 0 bridgehead atoms. The van der Waals surface area contributed by atoms with Gasteiger partial charge in [0.15, 0.2) is 0 Å². The van der Waals surface area contributed by atoms with Crippen molar-refractivity contribution in [2.24, 2.45) is 0 Å².